The van der Waals surface area contributed by atoms with Gasteiger partial charge in [0, 0.05) is 38.1 Å². The molecule has 8 aromatic carbocycles. The van der Waals surface area contributed by atoms with Gasteiger partial charge in [-0.05, 0) is 36.4 Å². The van der Waals surface area contributed by atoms with E-state index < -0.39 is 0 Å². The van der Waals surface area contributed by atoms with Gasteiger partial charge in [0.05, 0.1) is 50.0 Å². The van der Waals surface area contributed by atoms with Crippen molar-refractivity contribution in [2.75, 3.05) is 0 Å². The van der Waals surface area contributed by atoms with Crippen molar-refractivity contribution < 1.29 is 4.42 Å². The molecule has 12 aromatic rings. The van der Waals surface area contributed by atoms with Gasteiger partial charge in [-0.3, -0.25) is 0 Å². The van der Waals surface area contributed by atoms with Crippen molar-refractivity contribution in [1.82, 2.24) is 24.1 Å². The van der Waals surface area contributed by atoms with Crippen LogP contribution >= 0.6 is 0 Å². The van der Waals surface area contributed by atoms with Crippen LogP contribution in [0.5, 0.6) is 0 Å². The molecular weight excluding hydrogens is 725 g/mol. The van der Waals surface area contributed by atoms with E-state index in [4.69, 9.17) is 19.4 Å². The third-order valence-electron chi connectivity index (χ3n) is 11.4. The van der Waals surface area contributed by atoms with E-state index in [0.717, 1.165) is 82.4 Å². The lowest BCUT2D eigenvalue weighted by Crippen LogP contribution is -2.02. The SMILES string of the molecule is N#Cc1cc(-n2c3ccccc3c3ccccc32)c2oc3c(-c4nc(-c5ccccc5)nc(-c5ccccc5)n4)cccc3c2c1-n1c2ccccc2c2ccccc21. The van der Waals surface area contributed by atoms with Crippen LogP contribution in [0, 0.1) is 11.3 Å². The predicted molar refractivity (Wildman–Crippen MR) is 237 cm³/mol. The Morgan fingerprint density at radius 1 is 0.424 bits per heavy atom. The first-order valence-corrected chi connectivity index (χ1v) is 19.5. The van der Waals surface area contributed by atoms with Crippen LogP contribution in [0.1, 0.15) is 5.56 Å². The van der Waals surface area contributed by atoms with Gasteiger partial charge in [-0.25, -0.2) is 15.0 Å². The number of nitrogens with zero attached hydrogens (tertiary/aromatic N) is 6. The molecule has 0 radical (unpaired) electrons. The molecule has 4 heterocycles. The quantitative estimate of drug-likeness (QED) is 0.175. The normalized spacial score (nSPS) is 11.7. The van der Waals surface area contributed by atoms with E-state index in [9.17, 15) is 5.26 Å². The van der Waals surface area contributed by atoms with Crippen LogP contribution in [-0.2, 0) is 0 Å². The standard InChI is InChI=1S/C52H30N6O/c53-31-34-30-45(57-41-26-11-7-20-35(41)36-21-8-12-27-42(36)57)49-46(47(34)58-43-28-13-9-22-37(43)38-23-10-14-29-44(38)58)39-24-15-25-40(48(39)59-49)52-55-50(32-16-3-1-4-17-32)54-51(56-52)33-18-5-2-6-19-33/h1-30H. The van der Waals surface area contributed by atoms with Crippen LogP contribution in [0.4, 0.5) is 0 Å². The van der Waals surface area contributed by atoms with Crippen molar-refractivity contribution in [2.45, 2.75) is 0 Å². The maximum absolute atomic E-state index is 11.3. The molecule has 0 amide bonds. The number of hydrogen-bond acceptors (Lipinski definition) is 5. The van der Waals surface area contributed by atoms with Crippen molar-refractivity contribution in [3.8, 4) is 51.6 Å². The van der Waals surface area contributed by atoms with Gasteiger partial charge in [0.2, 0.25) is 0 Å². The number of rotatable bonds is 5. The fraction of sp³-hybridized carbons (Fsp3) is 0. The number of para-hydroxylation sites is 5. The van der Waals surface area contributed by atoms with Crippen LogP contribution in [0.15, 0.2) is 186 Å². The second-order valence-corrected chi connectivity index (χ2v) is 14.7. The Morgan fingerprint density at radius 3 is 1.37 bits per heavy atom. The Hall–Kier alpha value is -8.34. The molecule has 0 atom stereocenters. The lowest BCUT2D eigenvalue weighted by molar-refractivity contribution is 0.666. The first-order valence-electron chi connectivity index (χ1n) is 19.5. The van der Waals surface area contributed by atoms with Gasteiger partial charge in [0.15, 0.2) is 23.1 Å². The number of aromatic nitrogens is 5. The third-order valence-corrected chi connectivity index (χ3v) is 11.4. The average Bonchev–Trinajstić information content (AvgIpc) is 3.97. The topological polar surface area (TPSA) is 85.5 Å². The fourth-order valence-corrected chi connectivity index (χ4v) is 8.87. The Bertz CT molecular complexity index is 3520. The summed E-state index contributed by atoms with van der Waals surface area (Å²) in [6, 6.07) is 64.3. The molecule has 7 nitrogen and oxygen atoms in total. The van der Waals surface area contributed by atoms with Gasteiger partial charge in [0.25, 0.3) is 0 Å². The molecule has 12 rings (SSSR count). The van der Waals surface area contributed by atoms with Gasteiger partial charge in [-0.15, -0.1) is 0 Å². The van der Waals surface area contributed by atoms with Crippen LogP contribution in [0.25, 0.3) is 111 Å². The molecule has 0 spiro atoms. The van der Waals surface area contributed by atoms with Crippen molar-refractivity contribution in [3.63, 3.8) is 0 Å². The summed E-state index contributed by atoms with van der Waals surface area (Å²) in [6.07, 6.45) is 0. The van der Waals surface area contributed by atoms with Crippen molar-refractivity contribution in [3.05, 3.63) is 188 Å². The minimum absolute atomic E-state index is 0.486. The van der Waals surface area contributed by atoms with Gasteiger partial charge in [-0.1, -0.05) is 146 Å². The Morgan fingerprint density at radius 2 is 0.864 bits per heavy atom. The number of nitriles is 1. The molecule has 0 aliphatic rings. The molecule has 0 unspecified atom stereocenters. The molecule has 0 N–H and O–H groups in total. The molecule has 7 heteroatoms. The number of hydrogen-bond donors (Lipinski definition) is 0. The summed E-state index contributed by atoms with van der Waals surface area (Å²) in [7, 11) is 0. The molecule has 0 aliphatic carbocycles. The molecule has 0 bridgehead atoms. The first-order chi connectivity index (χ1) is 29.2. The summed E-state index contributed by atoms with van der Waals surface area (Å²) in [6.45, 7) is 0. The summed E-state index contributed by atoms with van der Waals surface area (Å²) in [5.74, 6) is 1.61. The van der Waals surface area contributed by atoms with Crippen molar-refractivity contribution in [2.24, 2.45) is 0 Å². The number of benzene rings is 8. The van der Waals surface area contributed by atoms with E-state index in [-0.39, 0.29) is 0 Å². The molecular formula is C52H30N6O. The van der Waals surface area contributed by atoms with Crippen LogP contribution in [0.2, 0.25) is 0 Å². The smallest absolute Gasteiger partial charge is 0.167 e. The first kappa shape index (κ1) is 32.9. The highest BCUT2D eigenvalue weighted by Crippen LogP contribution is 2.46. The average molecular weight is 755 g/mol. The number of fused-ring (bicyclic) bond motifs is 9. The lowest BCUT2D eigenvalue weighted by Gasteiger charge is -2.15. The second-order valence-electron chi connectivity index (χ2n) is 14.7. The molecule has 4 aromatic heterocycles. The maximum Gasteiger partial charge on any atom is 0.167 e. The molecule has 59 heavy (non-hydrogen) atoms. The highest BCUT2D eigenvalue weighted by atomic mass is 16.3. The third kappa shape index (κ3) is 4.90. The highest BCUT2D eigenvalue weighted by Gasteiger charge is 2.27. The lowest BCUT2D eigenvalue weighted by atomic mass is 10.0. The zero-order valence-electron chi connectivity index (χ0n) is 31.4. The van der Waals surface area contributed by atoms with Gasteiger partial charge >= 0.3 is 0 Å². The van der Waals surface area contributed by atoms with Crippen LogP contribution < -0.4 is 0 Å². The van der Waals surface area contributed by atoms with Crippen molar-refractivity contribution >= 4 is 65.6 Å². The van der Waals surface area contributed by atoms with E-state index in [1.807, 2.05) is 78.9 Å². The minimum Gasteiger partial charge on any atom is -0.453 e. The second kappa shape index (κ2) is 12.8. The van der Waals surface area contributed by atoms with Gasteiger partial charge < -0.3 is 13.6 Å². The summed E-state index contributed by atoms with van der Waals surface area (Å²) >= 11 is 0. The highest BCUT2D eigenvalue weighted by molar-refractivity contribution is 6.19. The Labute approximate surface area is 337 Å². The zero-order valence-corrected chi connectivity index (χ0v) is 31.4. The van der Waals surface area contributed by atoms with Gasteiger partial charge in [-0.2, -0.15) is 5.26 Å². The van der Waals surface area contributed by atoms with Crippen LogP contribution in [0.3, 0.4) is 0 Å². The minimum atomic E-state index is 0.486. The molecule has 274 valence electrons. The summed E-state index contributed by atoms with van der Waals surface area (Å²) < 4.78 is 11.8. The van der Waals surface area contributed by atoms with Crippen molar-refractivity contribution in [1.29, 1.82) is 5.26 Å². The van der Waals surface area contributed by atoms with E-state index in [1.54, 1.807) is 0 Å². The van der Waals surface area contributed by atoms with Gasteiger partial charge in [0.1, 0.15) is 11.7 Å². The van der Waals surface area contributed by atoms with E-state index >= 15 is 0 Å². The summed E-state index contributed by atoms with van der Waals surface area (Å²) in [5.41, 5.74) is 9.82. The molecule has 0 aliphatic heterocycles. The Balaban J connectivity index is 1.25. The largest absolute Gasteiger partial charge is 0.453 e. The fourth-order valence-electron chi connectivity index (χ4n) is 8.87. The monoisotopic (exact) mass is 754 g/mol. The summed E-state index contributed by atoms with van der Waals surface area (Å²) in [5, 5.41) is 17.4. The van der Waals surface area contributed by atoms with E-state index in [1.165, 1.54) is 0 Å². The van der Waals surface area contributed by atoms with Crippen LogP contribution in [-0.4, -0.2) is 24.1 Å². The summed E-state index contributed by atoms with van der Waals surface area (Å²) in [4.78, 5) is 15.2. The van der Waals surface area contributed by atoms with E-state index in [2.05, 4.69) is 118 Å². The molecule has 0 saturated heterocycles. The Kier molecular flexibility index (Phi) is 7.16. The molecule has 0 saturated carbocycles. The zero-order chi connectivity index (χ0) is 39.0. The predicted octanol–water partition coefficient (Wildman–Crippen LogP) is 12.8. The van der Waals surface area contributed by atoms with E-state index in [0.29, 0.717) is 34.2 Å². The maximum atomic E-state index is 11.3. The number of furan rings is 1. The molecule has 0 fully saturated rings.